The van der Waals surface area contributed by atoms with Crippen LogP contribution in [0.15, 0.2) is 71.3 Å². The number of anilines is 1. The largest absolute Gasteiger partial charge is 0.449 e. The van der Waals surface area contributed by atoms with Crippen LogP contribution in [-0.2, 0) is 15.7 Å². The number of carbonyl (C=O) groups excluding carboxylic acids is 2. The third kappa shape index (κ3) is 5.02. The highest BCUT2D eigenvalue weighted by Gasteiger charge is 2.36. The highest BCUT2D eigenvalue weighted by atomic mass is 19.4. The molecule has 1 aromatic heterocycles. The van der Waals surface area contributed by atoms with Crippen molar-refractivity contribution < 1.29 is 36.9 Å². The summed E-state index contributed by atoms with van der Waals surface area (Å²) in [6.07, 6.45) is -6.46. The molecule has 1 unspecified atom stereocenters. The summed E-state index contributed by atoms with van der Waals surface area (Å²) in [7, 11) is 0. The van der Waals surface area contributed by atoms with E-state index in [4.69, 9.17) is 9.26 Å². The summed E-state index contributed by atoms with van der Waals surface area (Å²) in [6, 6.07) is 15.3. The number of carbonyl (C=O) groups is 2. The third-order valence-electron chi connectivity index (χ3n) is 5.18. The van der Waals surface area contributed by atoms with Crippen LogP contribution in [0, 0.1) is 10.1 Å². The molecule has 1 N–H and O–H groups in total. The number of benzene rings is 3. The molecule has 0 bridgehead atoms. The van der Waals surface area contributed by atoms with Crippen LogP contribution >= 0.6 is 0 Å². The van der Waals surface area contributed by atoms with Gasteiger partial charge in [-0.25, -0.2) is 4.79 Å². The molecular weight excluding hydrogens is 483 g/mol. The summed E-state index contributed by atoms with van der Waals surface area (Å²) >= 11 is 0. The zero-order valence-corrected chi connectivity index (χ0v) is 18.4. The number of halogens is 3. The van der Waals surface area contributed by atoms with Gasteiger partial charge in [0.2, 0.25) is 0 Å². The zero-order chi connectivity index (χ0) is 26.0. The molecule has 1 amide bonds. The Labute approximate surface area is 200 Å². The van der Waals surface area contributed by atoms with Gasteiger partial charge >= 0.3 is 12.1 Å². The van der Waals surface area contributed by atoms with E-state index < -0.39 is 46.0 Å². The summed E-state index contributed by atoms with van der Waals surface area (Å²) in [5, 5.41) is 17.3. The van der Waals surface area contributed by atoms with Gasteiger partial charge in [-0.05, 0) is 31.2 Å². The first-order valence-corrected chi connectivity index (χ1v) is 10.4. The van der Waals surface area contributed by atoms with Crippen molar-refractivity contribution in [3.05, 3.63) is 88.0 Å². The molecule has 0 saturated heterocycles. The highest BCUT2D eigenvalue weighted by Crippen LogP contribution is 2.37. The second-order valence-electron chi connectivity index (χ2n) is 7.63. The van der Waals surface area contributed by atoms with Crippen molar-refractivity contribution in [1.29, 1.82) is 0 Å². The number of hydrogen-bond acceptors (Lipinski definition) is 7. The molecule has 0 fully saturated rings. The SMILES string of the molecule is CC(OC(=O)c1ccc2noc(-c3ccccc3)c2c1)C(=O)Nc1ccc([N+](=O)[O-])cc1C(F)(F)F. The van der Waals surface area contributed by atoms with Gasteiger partial charge in [0.25, 0.3) is 11.6 Å². The second-order valence-corrected chi connectivity index (χ2v) is 7.63. The number of nitrogens with zero attached hydrogens (tertiary/aromatic N) is 2. The average molecular weight is 499 g/mol. The molecule has 0 spiro atoms. The Morgan fingerprint density at radius 2 is 1.81 bits per heavy atom. The number of rotatable bonds is 6. The zero-order valence-electron chi connectivity index (χ0n) is 18.4. The smallest absolute Gasteiger partial charge is 0.418 e. The number of amides is 1. The highest BCUT2D eigenvalue weighted by molar-refractivity contribution is 6.01. The molecule has 1 atom stereocenters. The van der Waals surface area contributed by atoms with E-state index in [0.29, 0.717) is 22.7 Å². The van der Waals surface area contributed by atoms with E-state index in [-0.39, 0.29) is 5.56 Å². The Hall–Kier alpha value is -4.74. The minimum absolute atomic E-state index is 0.0637. The van der Waals surface area contributed by atoms with Crippen LogP contribution in [0.3, 0.4) is 0 Å². The maximum atomic E-state index is 13.4. The van der Waals surface area contributed by atoms with Gasteiger partial charge in [-0.2, -0.15) is 13.2 Å². The van der Waals surface area contributed by atoms with Gasteiger partial charge in [-0.1, -0.05) is 35.5 Å². The normalized spacial score (nSPS) is 12.2. The van der Waals surface area contributed by atoms with Crippen molar-refractivity contribution in [3.8, 4) is 11.3 Å². The summed E-state index contributed by atoms with van der Waals surface area (Å²) in [5.74, 6) is -1.54. The molecular formula is C24H16F3N3O6. The monoisotopic (exact) mass is 499 g/mol. The quantitative estimate of drug-likeness (QED) is 0.208. The van der Waals surface area contributed by atoms with Crippen molar-refractivity contribution in [2.45, 2.75) is 19.2 Å². The van der Waals surface area contributed by atoms with Crippen LogP contribution in [0.4, 0.5) is 24.5 Å². The van der Waals surface area contributed by atoms with E-state index in [0.717, 1.165) is 17.7 Å². The molecule has 0 saturated carbocycles. The first-order valence-electron chi connectivity index (χ1n) is 10.4. The fraction of sp³-hybridized carbons (Fsp3) is 0.125. The van der Waals surface area contributed by atoms with Gasteiger partial charge in [0.1, 0.15) is 5.52 Å². The Balaban J connectivity index is 1.52. The number of nitro benzene ring substituents is 1. The van der Waals surface area contributed by atoms with Gasteiger partial charge in [0.05, 0.1) is 27.1 Å². The average Bonchev–Trinajstić information content (AvgIpc) is 3.27. The topological polar surface area (TPSA) is 125 Å². The molecule has 4 rings (SSSR count). The number of aromatic nitrogens is 1. The van der Waals surface area contributed by atoms with E-state index in [2.05, 4.69) is 5.16 Å². The molecule has 12 heteroatoms. The van der Waals surface area contributed by atoms with E-state index >= 15 is 0 Å². The second kappa shape index (κ2) is 9.49. The Bertz CT molecular complexity index is 1470. The number of ether oxygens (including phenoxy) is 1. The lowest BCUT2D eigenvalue weighted by atomic mass is 10.1. The maximum absolute atomic E-state index is 13.4. The van der Waals surface area contributed by atoms with Crippen LogP contribution < -0.4 is 5.32 Å². The van der Waals surface area contributed by atoms with E-state index in [1.54, 1.807) is 24.3 Å². The fourth-order valence-electron chi connectivity index (χ4n) is 3.37. The predicted octanol–water partition coefficient (Wildman–Crippen LogP) is 5.61. The van der Waals surface area contributed by atoms with E-state index in [1.807, 2.05) is 11.4 Å². The van der Waals surface area contributed by atoms with Crippen LogP contribution in [0.25, 0.3) is 22.2 Å². The van der Waals surface area contributed by atoms with Crippen LogP contribution in [-0.4, -0.2) is 28.1 Å². The first-order chi connectivity index (χ1) is 17.0. The van der Waals surface area contributed by atoms with Crippen LogP contribution in [0.5, 0.6) is 0 Å². The molecule has 4 aromatic rings. The molecule has 9 nitrogen and oxygen atoms in total. The summed E-state index contributed by atoms with van der Waals surface area (Å²) in [4.78, 5) is 35.0. The predicted molar refractivity (Wildman–Crippen MR) is 121 cm³/mol. The third-order valence-corrected chi connectivity index (χ3v) is 5.18. The first kappa shape index (κ1) is 24.4. The lowest BCUT2D eigenvalue weighted by Crippen LogP contribution is -2.30. The summed E-state index contributed by atoms with van der Waals surface area (Å²) < 4.78 is 50.6. The Kier molecular flexibility index (Phi) is 6.43. The van der Waals surface area contributed by atoms with Gasteiger partial charge in [-0.15, -0.1) is 0 Å². The molecule has 3 aromatic carbocycles. The number of fused-ring (bicyclic) bond motifs is 1. The number of nitro groups is 1. The van der Waals surface area contributed by atoms with Crippen molar-refractivity contribution in [3.63, 3.8) is 0 Å². The fourth-order valence-corrected chi connectivity index (χ4v) is 3.37. The van der Waals surface area contributed by atoms with Gasteiger partial charge in [0, 0.05) is 17.7 Å². The van der Waals surface area contributed by atoms with Crippen molar-refractivity contribution in [2.24, 2.45) is 0 Å². The van der Waals surface area contributed by atoms with Crippen molar-refractivity contribution in [2.75, 3.05) is 5.32 Å². The summed E-state index contributed by atoms with van der Waals surface area (Å²) in [5.41, 5.74) is -1.64. The van der Waals surface area contributed by atoms with Gasteiger partial charge < -0.3 is 14.6 Å². The molecule has 0 aliphatic heterocycles. The minimum Gasteiger partial charge on any atom is -0.449 e. The molecule has 0 aliphatic rings. The maximum Gasteiger partial charge on any atom is 0.418 e. The van der Waals surface area contributed by atoms with Crippen molar-refractivity contribution >= 4 is 34.2 Å². The molecule has 0 radical (unpaired) electrons. The number of hydrogen-bond donors (Lipinski definition) is 1. The number of alkyl halides is 3. The van der Waals surface area contributed by atoms with E-state index in [1.165, 1.54) is 25.1 Å². The molecule has 1 heterocycles. The minimum atomic E-state index is -4.97. The van der Waals surface area contributed by atoms with Crippen LogP contribution in [0.2, 0.25) is 0 Å². The van der Waals surface area contributed by atoms with Gasteiger partial charge in [-0.3, -0.25) is 14.9 Å². The van der Waals surface area contributed by atoms with Gasteiger partial charge in [0.15, 0.2) is 11.9 Å². The van der Waals surface area contributed by atoms with E-state index in [9.17, 15) is 32.9 Å². The summed E-state index contributed by atoms with van der Waals surface area (Å²) in [6.45, 7) is 1.18. The Morgan fingerprint density at radius 1 is 1.08 bits per heavy atom. The molecule has 36 heavy (non-hydrogen) atoms. The lowest BCUT2D eigenvalue weighted by Gasteiger charge is -2.17. The molecule has 184 valence electrons. The standard InChI is InChI=1S/C24H16F3N3O6/c1-13(22(31)28-20-10-8-16(30(33)34)12-18(20)24(25,26)27)35-23(32)15-7-9-19-17(11-15)21(36-29-19)14-5-3-2-4-6-14/h2-13H,1H3,(H,28,31). The molecule has 0 aliphatic carbocycles. The number of nitrogens with one attached hydrogen (secondary N) is 1. The lowest BCUT2D eigenvalue weighted by molar-refractivity contribution is -0.385. The van der Waals surface area contributed by atoms with Crippen molar-refractivity contribution in [1.82, 2.24) is 5.16 Å². The Morgan fingerprint density at radius 3 is 2.47 bits per heavy atom. The number of esters is 1. The van der Waals surface area contributed by atoms with Crippen LogP contribution in [0.1, 0.15) is 22.8 Å². The number of non-ortho nitro benzene ring substituents is 1.